The number of carbonyl (C=O) groups is 2. The molecule has 0 saturated carbocycles. The van der Waals surface area contributed by atoms with Crippen molar-refractivity contribution >= 4 is 11.8 Å². The van der Waals surface area contributed by atoms with E-state index in [0.29, 0.717) is 25.2 Å². The molecule has 1 aromatic carbocycles. The molecule has 21 heavy (non-hydrogen) atoms. The zero-order valence-corrected chi connectivity index (χ0v) is 12.3. The van der Waals surface area contributed by atoms with Gasteiger partial charge in [0.25, 0.3) is 0 Å². The lowest BCUT2D eigenvalue weighted by Gasteiger charge is -2.36. The van der Waals surface area contributed by atoms with Crippen LogP contribution in [0.1, 0.15) is 5.56 Å². The molecule has 0 bridgehead atoms. The van der Waals surface area contributed by atoms with Crippen LogP contribution in [0.2, 0.25) is 0 Å². The van der Waals surface area contributed by atoms with Gasteiger partial charge in [0.05, 0.1) is 6.42 Å². The van der Waals surface area contributed by atoms with Gasteiger partial charge in [-0.1, -0.05) is 18.2 Å². The fourth-order valence-electron chi connectivity index (χ4n) is 2.43. The molecule has 1 saturated heterocycles. The Morgan fingerprint density at radius 2 is 2.10 bits per heavy atom. The zero-order valence-electron chi connectivity index (χ0n) is 12.3. The first-order valence-corrected chi connectivity index (χ1v) is 6.95. The summed E-state index contributed by atoms with van der Waals surface area (Å²) in [6.45, 7) is 1.53. The van der Waals surface area contributed by atoms with Crippen LogP contribution in [0.25, 0.3) is 0 Å². The van der Waals surface area contributed by atoms with Gasteiger partial charge in [-0.2, -0.15) is 0 Å². The Morgan fingerprint density at radius 3 is 2.76 bits per heavy atom. The molecule has 2 rings (SSSR count). The molecule has 5 nitrogen and oxygen atoms in total. The Kier molecular flexibility index (Phi) is 4.90. The van der Waals surface area contributed by atoms with Gasteiger partial charge in [-0.25, -0.2) is 4.39 Å². The van der Waals surface area contributed by atoms with E-state index in [-0.39, 0.29) is 18.2 Å². The third-order valence-corrected chi connectivity index (χ3v) is 3.59. The maximum Gasteiger partial charge on any atom is 0.246 e. The van der Waals surface area contributed by atoms with E-state index in [0.717, 1.165) is 0 Å². The van der Waals surface area contributed by atoms with Gasteiger partial charge < -0.3 is 15.1 Å². The number of amides is 2. The summed E-state index contributed by atoms with van der Waals surface area (Å²) in [7, 11) is 3.33. The summed E-state index contributed by atoms with van der Waals surface area (Å²) in [4.78, 5) is 27.6. The van der Waals surface area contributed by atoms with Crippen LogP contribution in [0.15, 0.2) is 24.3 Å². The van der Waals surface area contributed by atoms with Crippen LogP contribution in [-0.2, 0) is 16.0 Å². The highest BCUT2D eigenvalue weighted by molar-refractivity contribution is 5.88. The number of hydrogen-bond acceptors (Lipinski definition) is 3. The van der Waals surface area contributed by atoms with E-state index in [1.54, 1.807) is 37.2 Å². The molecule has 2 amide bonds. The average Bonchev–Trinajstić information content (AvgIpc) is 2.48. The Morgan fingerprint density at radius 1 is 1.38 bits per heavy atom. The van der Waals surface area contributed by atoms with Crippen LogP contribution < -0.4 is 5.32 Å². The molecule has 1 fully saturated rings. The first-order chi connectivity index (χ1) is 10.0. The molecule has 1 heterocycles. The Hall–Kier alpha value is -1.95. The van der Waals surface area contributed by atoms with Gasteiger partial charge in [0, 0.05) is 33.7 Å². The van der Waals surface area contributed by atoms with Crippen molar-refractivity contribution in [2.45, 2.75) is 12.5 Å². The molecule has 1 aliphatic heterocycles. The number of halogens is 1. The van der Waals surface area contributed by atoms with Gasteiger partial charge >= 0.3 is 0 Å². The SMILES string of the molecule is CN(C)C(=O)C1CNCCN1C(=O)Cc1ccccc1F. The van der Waals surface area contributed by atoms with Gasteiger partial charge in [0.1, 0.15) is 11.9 Å². The quantitative estimate of drug-likeness (QED) is 0.869. The lowest BCUT2D eigenvalue weighted by molar-refractivity contribution is -0.145. The summed E-state index contributed by atoms with van der Waals surface area (Å²) < 4.78 is 13.6. The van der Waals surface area contributed by atoms with Crippen LogP contribution in [0.3, 0.4) is 0 Å². The van der Waals surface area contributed by atoms with Crippen LogP contribution in [-0.4, -0.2) is 61.4 Å². The molecular weight excluding hydrogens is 273 g/mol. The second kappa shape index (κ2) is 6.67. The standard InChI is InChI=1S/C15H20FN3O2/c1-18(2)15(21)13-10-17-7-8-19(13)14(20)9-11-5-3-4-6-12(11)16/h3-6,13,17H,7-10H2,1-2H3. The molecule has 1 atom stereocenters. The van der Waals surface area contributed by atoms with Crippen LogP contribution in [0, 0.1) is 5.82 Å². The fraction of sp³-hybridized carbons (Fsp3) is 0.467. The molecule has 1 unspecified atom stereocenters. The summed E-state index contributed by atoms with van der Waals surface area (Å²) in [5, 5.41) is 3.12. The van der Waals surface area contributed by atoms with E-state index in [1.165, 1.54) is 11.0 Å². The summed E-state index contributed by atoms with van der Waals surface area (Å²) in [5.74, 6) is -0.734. The normalized spacial score (nSPS) is 18.4. The van der Waals surface area contributed by atoms with Crippen molar-refractivity contribution < 1.29 is 14.0 Å². The number of benzene rings is 1. The monoisotopic (exact) mass is 293 g/mol. The van der Waals surface area contributed by atoms with Gasteiger partial charge in [-0.3, -0.25) is 9.59 Å². The van der Waals surface area contributed by atoms with Crippen LogP contribution in [0.4, 0.5) is 4.39 Å². The van der Waals surface area contributed by atoms with E-state index in [4.69, 9.17) is 0 Å². The van der Waals surface area contributed by atoms with E-state index >= 15 is 0 Å². The predicted molar refractivity (Wildman–Crippen MR) is 77.2 cm³/mol. The van der Waals surface area contributed by atoms with Crippen LogP contribution >= 0.6 is 0 Å². The zero-order chi connectivity index (χ0) is 15.4. The first kappa shape index (κ1) is 15.4. The first-order valence-electron chi connectivity index (χ1n) is 6.95. The van der Waals surface area contributed by atoms with Crippen LogP contribution in [0.5, 0.6) is 0 Å². The number of likely N-dealkylation sites (N-methyl/N-ethyl adjacent to an activating group) is 1. The maximum atomic E-state index is 13.6. The molecule has 114 valence electrons. The third kappa shape index (κ3) is 3.58. The number of carbonyl (C=O) groups excluding carboxylic acids is 2. The minimum Gasteiger partial charge on any atom is -0.347 e. The lowest BCUT2D eigenvalue weighted by atomic mass is 10.1. The van der Waals surface area contributed by atoms with Gasteiger partial charge in [0.2, 0.25) is 11.8 Å². The molecule has 0 aromatic heterocycles. The number of rotatable bonds is 3. The predicted octanol–water partition coefficient (Wildman–Crippen LogP) is 0.257. The van der Waals surface area contributed by atoms with E-state index in [9.17, 15) is 14.0 Å². The molecule has 6 heteroatoms. The van der Waals surface area contributed by atoms with Gasteiger partial charge in [-0.05, 0) is 11.6 Å². The molecule has 1 aliphatic rings. The van der Waals surface area contributed by atoms with Crippen molar-refractivity contribution in [3.8, 4) is 0 Å². The van der Waals surface area contributed by atoms with E-state index < -0.39 is 11.9 Å². The second-order valence-corrected chi connectivity index (χ2v) is 5.31. The molecule has 0 radical (unpaired) electrons. The minimum absolute atomic E-state index is 0.0239. The van der Waals surface area contributed by atoms with Crippen molar-refractivity contribution in [2.24, 2.45) is 0 Å². The largest absolute Gasteiger partial charge is 0.347 e. The van der Waals surface area contributed by atoms with Crippen molar-refractivity contribution in [2.75, 3.05) is 33.7 Å². The minimum atomic E-state index is -0.520. The lowest BCUT2D eigenvalue weighted by Crippen LogP contribution is -2.59. The molecule has 0 spiro atoms. The van der Waals surface area contributed by atoms with Crippen molar-refractivity contribution in [1.82, 2.24) is 15.1 Å². The molecule has 1 aromatic rings. The Balaban J connectivity index is 2.12. The molecule has 0 aliphatic carbocycles. The van der Waals surface area contributed by atoms with Crippen molar-refractivity contribution in [1.29, 1.82) is 0 Å². The second-order valence-electron chi connectivity index (χ2n) is 5.31. The molecular formula is C15H20FN3O2. The molecule has 1 N–H and O–H groups in total. The number of piperazine rings is 1. The summed E-state index contributed by atoms with van der Waals surface area (Å²) in [5.41, 5.74) is 0.358. The Labute approximate surface area is 123 Å². The highest BCUT2D eigenvalue weighted by Gasteiger charge is 2.32. The van der Waals surface area contributed by atoms with Crippen molar-refractivity contribution in [3.05, 3.63) is 35.6 Å². The average molecular weight is 293 g/mol. The van der Waals surface area contributed by atoms with E-state index in [2.05, 4.69) is 5.32 Å². The number of nitrogens with one attached hydrogen (secondary N) is 1. The van der Waals surface area contributed by atoms with Gasteiger partial charge in [0.15, 0.2) is 0 Å². The fourth-order valence-corrected chi connectivity index (χ4v) is 2.43. The Bertz CT molecular complexity index is 533. The number of nitrogens with zero attached hydrogens (tertiary/aromatic N) is 2. The summed E-state index contributed by atoms with van der Waals surface area (Å²) in [6.07, 6.45) is -0.0239. The smallest absolute Gasteiger partial charge is 0.246 e. The highest BCUT2D eigenvalue weighted by Crippen LogP contribution is 2.12. The van der Waals surface area contributed by atoms with E-state index in [1.807, 2.05) is 0 Å². The highest BCUT2D eigenvalue weighted by atomic mass is 19.1. The summed E-state index contributed by atoms with van der Waals surface area (Å²) >= 11 is 0. The topological polar surface area (TPSA) is 52.7 Å². The third-order valence-electron chi connectivity index (χ3n) is 3.59. The number of hydrogen-bond donors (Lipinski definition) is 1. The van der Waals surface area contributed by atoms with Crippen molar-refractivity contribution in [3.63, 3.8) is 0 Å². The van der Waals surface area contributed by atoms with Gasteiger partial charge in [-0.15, -0.1) is 0 Å². The maximum absolute atomic E-state index is 13.6. The summed E-state index contributed by atoms with van der Waals surface area (Å²) in [6, 6.07) is 5.70.